The van der Waals surface area contributed by atoms with Crippen molar-refractivity contribution in [3.8, 4) is 0 Å². The largest absolute Gasteiger partial charge is 0.354 e. The van der Waals surface area contributed by atoms with E-state index in [9.17, 15) is 18.0 Å². The monoisotopic (exact) mass is 409 g/mol. The predicted molar refractivity (Wildman–Crippen MR) is 110 cm³/mol. The number of amides is 2. The van der Waals surface area contributed by atoms with Crippen molar-refractivity contribution >= 4 is 27.5 Å². The van der Waals surface area contributed by atoms with Crippen LogP contribution in [-0.2, 0) is 26.0 Å². The van der Waals surface area contributed by atoms with Crippen molar-refractivity contribution < 1.29 is 18.0 Å². The van der Waals surface area contributed by atoms with E-state index in [1.807, 2.05) is 0 Å². The lowest BCUT2D eigenvalue weighted by molar-refractivity contribution is -0.125. The van der Waals surface area contributed by atoms with Gasteiger partial charge in [0, 0.05) is 38.7 Å². The molecule has 0 fully saturated rings. The van der Waals surface area contributed by atoms with Crippen molar-refractivity contribution in [1.82, 2.24) is 9.62 Å². The zero-order valence-electron chi connectivity index (χ0n) is 17.4. The molecule has 0 aliphatic carbocycles. The van der Waals surface area contributed by atoms with Gasteiger partial charge in [-0.3, -0.25) is 14.5 Å². The Hall–Kier alpha value is -1.93. The van der Waals surface area contributed by atoms with Gasteiger partial charge >= 0.3 is 0 Å². The van der Waals surface area contributed by atoms with Crippen LogP contribution in [0.3, 0.4) is 0 Å². The quantitative estimate of drug-likeness (QED) is 0.713. The first-order valence-corrected chi connectivity index (χ1v) is 11.3. The summed E-state index contributed by atoms with van der Waals surface area (Å²) in [7, 11) is -3.59. The van der Waals surface area contributed by atoms with Gasteiger partial charge in [-0.1, -0.05) is 27.7 Å². The minimum Gasteiger partial charge on any atom is -0.354 e. The Balaban J connectivity index is 2.31. The molecule has 1 heterocycles. The van der Waals surface area contributed by atoms with E-state index in [-0.39, 0.29) is 16.7 Å². The summed E-state index contributed by atoms with van der Waals surface area (Å²) in [4.78, 5) is 26.5. The van der Waals surface area contributed by atoms with Gasteiger partial charge in [0.2, 0.25) is 21.8 Å². The second-order valence-electron chi connectivity index (χ2n) is 7.46. The van der Waals surface area contributed by atoms with E-state index < -0.39 is 16.1 Å². The topological polar surface area (TPSA) is 86.8 Å². The van der Waals surface area contributed by atoms with Crippen LogP contribution < -0.4 is 10.2 Å². The normalized spacial score (nSPS) is 16.5. The number of sulfonamides is 1. The molecule has 0 spiro atoms. The lowest BCUT2D eigenvalue weighted by atomic mass is 10.1. The third-order valence-electron chi connectivity index (χ3n) is 5.04. The van der Waals surface area contributed by atoms with Crippen molar-refractivity contribution in [2.24, 2.45) is 5.92 Å². The molecule has 1 aliphatic rings. The van der Waals surface area contributed by atoms with Crippen molar-refractivity contribution in [1.29, 1.82) is 0 Å². The van der Waals surface area contributed by atoms with Crippen LogP contribution in [0.25, 0.3) is 0 Å². The average molecular weight is 410 g/mol. The molecule has 0 saturated carbocycles. The van der Waals surface area contributed by atoms with Gasteiger partial charge in [0.05, 0.1) is 4.90 Å². The summed E-state index contributed by atoms with van der Waals surface area (Å²) in [5.74, 6) is 0.0279. The highest BCUT2D eigenvalue weighted by atomic mass is 32.2. The predicted octanol–water partition coefficient (Wildman–Crippen LogP) is 2.16. The Morgan fingerprint density at radius 1 is 1.25 bits per heavy atom. The van der Waals surface area contributed by atoms with E-state index in [1.54, 1.807) is 26.0 Å². The summed E-state index contributed by atoms with van der Waals surface area (Å²) in [6.07, 6.45) is 1.17. The second kappa shape index (κ2) is 9.05. The average Bonchev–Trinajstić information content (AvgIpc) is 3.01. The molecular weight excluding hydrogens is 378 g/mol. The number of hydrogen-bond donors (Lipinski definition) is 1. The minimum atomic E-state index is -3.59. The molecule has 8 heteroatoms. The fourth-order valence-electron chi connectivity index (χ4n) is 3.50. The summed E-state index contributed by atoms with van der Waals surface area (Å²) < 4.78 is 27.0. The number of fused-ring (bicyclic) bond motifs is 1. The first-order chi connectivity index (χ1) is 13.1. The number of hydrogen-bond acceptors (Lipinski definition) is 4. The van der Waals surface area contributed by atoms with Crippen LogP contribution in [-0.4, -0.2) is 50.2 Å². The fourth-order valence-corrected chi connectivity index (χ4v) is 5.01. The van der Waals surface area contributed by atoms with Crippen LogP contribution in [0, 0.1) is 5.92 Å². The van der Waals surface area contributed by atoms with E-state index in [0.29, 0.717) is 43.2 Å². The standard InChI is InChI=1S/C20H31N3O4S/c1-6-22(7-2)28(26,27)17-8-9-18-16(12-17)13-19(23(18)15(5)24)20(25)21-11-10-14(3)4/h8-9,12,14,19H,6-7,10-11,13H2,1-5H3,(H,21,25). The summed E-state index contributed by atoms with van der Waals surface area (Å²) in [5, 5.41) is 2.90. The first kappa shape index (κ1) is 22.4. The van der Waals surface area contributed by atoms with Gasteiger partial charge < -0.3 is 5.32 Å². The van der Waals surface area contributed by atoms with Crippen molar-refractivity contribution in [2.75, 3.05) is 24.5 Å². The van der Waals surface area contributed by atoms with E-state index in [4.69, 9.17) is 0 Å². The van der Waals surface area contributed by atoms with E-state index in [0.717, 1.165) is 6.42 Å². The SMILES string of the molecule is CCN(CC)S(=O)(=O)c1ccc2c(c1)CC(C(=O)NCCC(C)C)N2C(C)=O. The zero-order valence-corrected chi connectivity index (χ0v) is 18.2. The molecule has 1 N–H and O–H groups in total. The Bertz CT molecular complexity index is 832. The van der Waals surface area contributed by atoms with Crippen LogP contribution in [0.5, 0.6) is 0 Å². The molecule has 156 valence electrons. The Labute approximate surface area is 168 Å². The molecule has 1 unspecified atom stereocenters. The van der Waals surface area contributed by atoms with Crippen molar-refractivity contribution in [3.63, 3.8) is 0 Å². The third kappa shape index (κ3) is 4.55. The van der Waals surface area contributed by atoms with E-state index in [1.165, 1.54) is 22.2 Å². The second-order valence-corrected chi connectivity index (χ2v) is 9.40. The van der Waals surface area contributed by atoms with Crippen molar-refractivity contribution in [2.45, 2.75) is 58.4 Å². The van der Waals surface area contributed by atoms with Crippen LogP contribution in [0.2, 0.25) is 0 Å². The Morgan fingerprint density at radius 2 is 1.89 bits per heavy atom. The molecule has 28 heavy (non-hydrogen) atoms. The molecule has 2 amide bonds. The van der Waals surface area contributed by atoms with Gasteiger partial charge in [-0.2, -0.15) is 4.31 Å². The lowest BCUT2D eigenvalue weighted by Gasteiger charge is -2.24. The summed E-state index contributed by atoms with van der Waals surface area (Å²) in [6, 6.07) is 4.10. The Kier molecular flexibility index (Phi) is 7.22. The van der Waals surface area contributed by atoms with Crippen molar-refractivity contribution in [3.05, 3.63) is 23.8 Å². The summed E-state index contributed by atoms with van der Waals surface area (Å²) >= 11 is 0. The van der Waals surface area contributed by atoms with Gasteiger partial charge in [0.25, 0.3) is 0 Å². The van der Waals surface area contributed by atoms with Crippen LogP contribution in [0.1, 0.15) is 46.6 Å². The van der Waals surface area contributed by atoms with Crippen LogP contribution >= 0.6 is 0 Å². The van der Waals surface area contributed by atoms with E-state index in [2.05, 4.69) is 19.2 Å². The maximum atomic E-state index is 12.8. The van der Waals surface area contributed by atoms with Gasteiger partial charge in [-0.15, -0.1) is 0 Å². The number of nitrogens with zero attached hydrogens (tertiary/aromatic N) is 2. The maximum Gasteiger partial charge on any atom is 0.243 e. The molecule has 0 radical (unpaired) electrons. The number of rotatable bonds is 8. The molecular formula is C20H31N3O4S. The lowest BCUT2D eigenvalue weighted by Crippen LogP contribution is -2.47. The number of nitrogens with one attached hydrogen (secondary N) is 1. The highest BCUT2D eigenvalue weighted by Gasteiger charge is 2.37. The van der Waals surface area contributed by atoms with Crippen LogP contribution in [0.15, 0.2) is 23.1 Å². The smallest absolute Gasteiger partial charge is 0.243 e. The highest BCUT2D eigenvalue weighted by molar-refractivity contribution is 7.89. The van der Waals surface area contributed by atoms with Gasteiger partial charge in [-0.05, 0) is 36.1 Å². The molecule has 1 atom stereocenters. The zero-order chi connectivity index (χ0) is 21.1. The van der Waals surface area contributed by atoms with E-state index >= 15 is 0 Å². The third-order valence-corrected chi connectivity index (χ3v) is 7.09. The molecule has 1 aliphatic heterocycles. The van der Waals surface area contributed by atoms with Crippen LogP contribution in [0.4, 0.5) is 5.69 Å². The van der Waals surface area contributed by atoms with Gasteiger partial charge in [0.1, 0.15) is 6.04 Å². The highest BCUT2D eigenvalue weighted by Crippen LogP contribution is 2.34. The molecule has 7 nitrogen and oxygen atoms in total. The fraction of sp³-hybridized carbons (Fsp3) is 0.600. The van der Waals surface area contributed by atoms with Gasteiger partial charge in [0.15, 0.2) is 0 Å². The summed E-state index contributed by atoms with van der Waals surface area (Å²) in [5.41, 5.74) is 1.31. The molecule has 0 saturated heterocycles. The maximum absolute atomic E-state index is 12.8. The molecule has 1 aromatic carbocycles. The van der Waals surface area contributed by atoms with Gasteiger partial charge in [-0.25, -0.2) is 8.42 Å². The first-order valence-electron chi connectivity index (χ1n) is 9.84. The molecule has 1 aromatic rings. The number of carbonyl (C=O) groups is 2. The number of anilines is 1. The molecule has 2 rings (SSSR count). The molecule has 0 bridgehead atoms. The number of benzene rings is 1. The number of carbonyl (C=O) groups excluding carboxylic acids is 2. The summed E-state index contributed by atoms with van der Waals surface area (Å²) in [6.45, 7) is 10.5. The Morgan fingerprint density at radius 3 is 2.43 bits per heavy atom. The molecule has 0 aromatic heterocycles. The minimum absolute atomic E-state index is 0.194.